The summed E-state index contributed by atoms with van der Waals surface area (Å²) in [6.07, 6.45) is 4.81. The first-order valence-electron chi connectivity index (χ1n) is 7.96. The minimum Gasteiger partial charge on any atom is -0.492 e. The second-order valence-corrected chi connectivity index (χ2v) is 8.00. The second-order valence-electron chi connectivity index (χ2n) is 6.00. The number of halogens is 1. The van der Waals surface area contributed by atoms with Crippen molar-refractivity contribution in [2.45, 2.75) is 12.5 Å². The molecule has 3 aromatic rings. The van der Waals surface area contributed by atoms with Gasteiger partial charge in [0.1, 0.15) is 5.75 Å². The standard InChI is InChI=1S/C17H15BrN4OS/c18-10-1-2-12-13(7-10)23-6-3-14-15(12)21-17(24-14)16-20-4-5-22(16)11-8-19-9-11/h1-2,4-5,7,11,19H,3,6,8-9H2. The Morgan fingerprint density at radius 3 is 3.08 bits per heavy atom. The zero-order chi connectivity index (χ0) is 16.1. The summed E-state index contributed by atoms with van der Waals surface area (Å²) in [6, 6.07) is 6.62. The molecule has 0 amide bonds. The van der Waals surface area contributed by atoms with E-state index in [1.165, 1.54) is 4.88 Å². The Morgan fingerprint density at radius 1 is 1.33 bits per heavy atom. The van der Waals surface area contributed by atoms with Crippen LogP contribution in [0, 0.1) is 0 Å². The van der Waals surface area contributed by atoms with E-state index in [0.717, 1.165) is 51.8 Å². The zero-order valence-corrected chi connectivity index (χ0v) is 15.2. The molecule has 2 aliphatic rings. The van der Waals surface area contributed by atoms with Crippen LogP contribution in [0.2, 0.25) is 0 Å². The van der Waals surface area contributed by atoms with Crippen LogP contribution in [-0.2, 0) is 6.42 Å². The molecule has 1 saturated heterocycles. The smallest absolute Gasteiger partial charge is 0.169 e. The normalized spacial score (nSPS) is 16.7. The Labute approximate surface area is 151 Å². The predicted molar refractivity (Wildman–Crippen MR) is 97.6 cm³/mol. The lowest BCUT2D eigenvalue weighted by molar-refractivity contribution is 0.327. The molecule has 7 heteroatoms. The zero-order valence-electron chi connectivity index (χ0n) is 12.8. The molecule has 2 aliphatic heterocycles. The summed E-state index contributed by atoms with van der Waals surface area (Å²) >= 11 is 5.25. The van der Waals surface area contributed by atoms with Crippen molar-refractivity contribution in [2.75, 3.05) is 19.7 Å². The molecule has 24 heavy (non-hydrogen) atoms. The molecule has 1 N–H and O–H groups in total. The summed E-state index contributed by atoms with van der Waals surface area (Å²) in [5, 5.41) is 4.31. The monoisotopic (exact) mass is 402 g/mol. The van der Waals surface area contributed by atoms with E-state index in [-0.39, 0.29) is 0 Å². The first-order valence-corrected chi connectivity index (χ1v) is 9.57. The maximum absolute atomic E-state index is 5.90. The molecule has 0 unspecified atom stereocenters. The number of fused-ring (bicyclic) bond motifs is 3. The van der Waals surface area contributed by atoms with Gasteiger partial charge in [-0.1, -0.05) is 15.9 Å². The van der Waals surface area contributed by atoms with Gasteiger partial charge in [-0.25, -0.2) is 9.97 Å². The third-order valence-corrected chi connectivity index (χ3v) is 6.10. The van der Waals surface area contributed by atoms with Crippen LogP contribution >= 0.6 is 27.3 Å². The Morgan fingerprint density at radius 2 is 2.25 bits per heavy atom. The fourth-order valence-electron chi connectivity index (χ4n) is 3.14. The lowest BCUT2D eigenvalue weighted by Crippen LogP contribution is -2.43. The van der Waals surface area contributed by atoms with E-state index < -0.39 is 0 Å². The van der Waals surface area contributed by atoms with Crippen molar-refractivity contribution in [3.63, 3.8) is 0 Å². The number of ether oxygens (including phenoxy) is 1. The molecule has 5 rings (SSSR count). The van der Waals surface area contributed by atoms with Crippen LogP contribution in [0.4, 0.5) is 0 Å². The summed E-state index contributed by atoms with van der Waals surface area (Å²) in [5.74, 6) is 1.87. The summed E-state index contributed by atoms with van der Waals surface area (Å²) in [5.41, 5.74) is 2.10. The fraction of sp³-hybridized carbons (Fsp3) is 0.294. The number of aromatic nitrogens is 3. The van der Waals surface area contributed by atoms with Gasteiger partial charge in [-0.3, -0.25) is 0 Å². The van der Waals surface area contributed by atoms with Crippen molar-refractivity contribution in [3.05, 3.63) is 39.9 Å². The van der Waals surface area contributed by atoms with E-state index >= 15 is 0 Å². The number of imidazole rings is 1. The SMILES string of the molecule is Brc1ccc2c(c1)OCCc1sc(-c3nccn3C3CNC3)nc1-2. The molecule has 2 aromatic heterocycles. The third-order valence-electron chi connectivity index (χ3n) is 4.50. The van der Waals surface area contributed by atoms with Gasteiger partial charge in [-0.2, -0.15) is 0 Å². The number of hydrogen-bond donors (Lipinski definition) is 1. The van der Waals surface area contributed by atoms with E-state index in [0.29, 0.717) is 12.6 Å². The quantitative estimate of drug-likeness (QED) is 0.712. The molecule has 5 nitrogen and oxygen atoms in total. The minimum atomic E-state index is 0.484. The van der Waals surface area contributed by atoms with E-state index in [9.17, 15) is 0 Å². The molecular weight excluding hydrogens is 388 g/mol. The highest BCUT2D eigenvalue weighted by atomic mass is 79.9. The van der Waals surface area contributed by atoms with Gasteiger partial charge < -0.3 is 14.6 Å². The molecular formula is C17H15BrN4OS. The van der Waals surface area contributed by atoms with Crippen molar-refractivity contribution in [3.8, 4) is 27.8 Å². The Hall–Kier alpha value is -1.70. The van der Waals surface area contributed by atoms with Crippen LogP contribution in [0.15, 0.2) is 35.1 Å². The van der Waals surface area contributed by atoms with E-state index in [4.69, 9.17) is 9.72 Å². The Bertz CT molecular complexity index is 915. The largest absolute Gasteiger partial charge is 0.492 e. The van der Waals surface area contributed by atoms with Crippen molar-refractivity contribution in [1.82, 2.24) is 19.9 Å². The average molecular weight is 403 g/mol. The van der Waals surface area contributed by atoms with Gasteiger partial charge >= 0.3 is 0 Å². The first kappa shape index (κ1) is 14.6. The lowest BCUT2D eigenvalue weighted by atomic mass is 10.1. The fourth-order valence-corrected chi connectivity index (χ4v) is 4.53. The van der Waals surface area contributed by atoms with Crippen molar-refractivity contribution in [2.24, 2.45) is 0 Å². The van der Waals surface area contributed by atoms with Crippen LogP contribution in [0.1, 0.15) is 10.9 Å². The highest BCUT2D eigenvalue weighted by Crippen LogP contribution is 2.41. The topological polar surface area (TPSA) is 52.0 Å². The maximum Gasteiger partial charge on any atom is 0.169 e. The highest BCUT2D eigenvalue weighted by Gasteiger charge is 2.26. The van der Waals surface area contributed by atoms with Crippen LogP contribution in [0.25, 0.3) is 22.1 Å². The highest BCUT2D eigenvalue weighted by molar-refractivity contribution is 9.10. The molecule has 4 heterocycles. The van der Waals surface area contributed by atoms with Crippen molar-refractivity contribution < 1.29 is 4.74 Å². The number of nitrogens with one attached hydrogen (secondary N) is 1. The summed E-state index contributed by atoms with van der Waals surface area (Å²) in [7, 11) is 0. The van der Waals surface area contributed by atoms with Gasteiger partial charge in [0.05, 0.1) is 18.3 Å². The number of hydrogen-bond acceptors (Lipinski definition) is 5. The van der Waals surface area contributed by atoms with Crippen LogP contribution in [-0.4, -0.2) is 34.2 Å². The molecule has 0 aliphatic carbocycles. The number of benzene rings is 1. The molecule has 0 saturated carbocycles. The molecule has 0 atom stereocenters. The van der Waals surface area contributed by atoms with Crippen LogP contribution in [0.3, 0.4) is 0 Å². The summed E-state index contributed by atoms with van der Waals surface area (Å²) in [6.45, 7) is 2.68. The maximum atomic E-state index is 5.90. The predicted octanol–water partition coefficient (Wildman–Crippen LogP) is 3.52. The molecule has 0 radical (unpaired) electrons. The minimum absolute atomic E-state index is 0.484. The molecule has 1 aromatic carbocycles. The van der Waals surface area contributed by atoms with Crippen molar-refractivity contribution in [1.29, 1.82) is 0 Å². The summed E-state index contributed by atoms with van der Waals surface area (Å²) in [4.78, 5) is 10.8. The van der Waals surface area contributed by atoms with Gasteiger partial charge in [0.25, 0.3) is 0 Å². The third kappa shape index (κ3) is 2.30. The number of thiazole rings is 1. The molecule has 122 valence electrons. The Balaban J connectivity index is 1.62. The molecule has 0 bridgehead atoms. The molecule has 1 fully saturated rings. The van der Waals surface area contributed by atoms with Gasteiger partial charge in [0.2, 0.25) is 0 Å². The van der Waals surface area contributed by atoms with Gasteiger partial charge in [0, 0.05) is 46.8 Å². The van der Waals surface area contributed by atoms with E-state index in [2.05, 4.69) is 43.1 Å². The number of nitrogens with zero attached hydrogens (tertiary/aromatic N) is 3. The van der Waals surface area contributed by atoms with Crippen molar-refractivity contribution >= 4 is 27.3 Å². The number of rotatable bonds is 2. The lowest BCUT2D eigenvalue weighted by Gasteiger charge is -2.29. The van der Waals surface area contributed by atoms with E-state index in [1.807, 2.05) is 18.3 Å². The Kier molecular flexibility index (Phi) is 3.46. The van der Waals surface area contributed by atoms with Crippen LogP contribution in [0.5, 0.6) is 5.75 Å². The van der Waals surface area contributed by atoms with Crippen LogP contribution < -0.4 is 10.1 Å². The van der Waals surface area contributed by atoms with Gasteiger partial charge in [0.15, 0.2) is 10.8 Å². The second kappa shape index (κ2) is 5.68. The van der Waals surface area contributed by atoms with E-state index in [1.54, 1.807) is 11.3 Å². The van der Waals surface area contributed by atoms with Gasteiger partial charge in [-0.05, 0) is 18.2 Å². The first-order chi connectivity index (χ1) is 11.8. The average Bonchev–Trinajstić information content (AvgIpc) is 3.10. The summed E-state index contributed by atoms with van der Waals surface area (Å²) < 4.78 is 9.16. The van der Waals surface area contributed by atoms with Gasteiger partial charge in [-0.15, -0.1) is 11.3 Å². The molecule has 0 spiro atoms.